The first-order valence-corrected chi connectivity index (χ1v) is 7.64. The van der Waals surface area contributed by atoms with Crippen LogP contribution in [-0.2, 0) is 12.8 Å². The van der Waals surface area contributed by atoms with E-state index in [-0.39, 0.29) is 0 Å². The highest BCUT2D eigenvalue weighted by atomic mass is 14.9. The second-order valence-corrected chi connectivity index (χ2v) is 5.88. The first-order valence-electron chi connectivity index (χ1n) is 7.64. The van der Waals surface area contributed by atoms with Crippen LogP contribution >= 0.6 is 0 Å². The van der Waals surface area contributed by atoms with Crippen molar-refractivity contribution in [3.63, 3.8) is 0 Å². The van der Waals surface area contributed by atoms with Gasteiger partial charge >= 0.3 is 0 Å². The van der Waals surface area contributed by atoms with Crippen molar-refractivity contribution in [2.45, 2.75) is 32.7 Å². The van der Waals surface area contributed by atoms with Gasteiger partial charge in [-0.05, 0) is 48.9 Å². The van der Waals surface area contributed by atoms with Crippen molar-refractivity contribution in [2.75, 3.05) is 6.54 Å². The fraction of sp³-hybridized carbons (Fsp3) is 0.368. The molecule has 1 aliphatic carbocycles. The third kappa shape index (κ3) is 2.64. The molecule has 3 rings (SSSR count). The Bertz CT molecular complexity index is 546. The van der Waals surface area contributed by atoms with E-state index in [4.69, 9.17) is 0 Å². The van der Waals surface area contributed by atoms with Gasteiger partial charge in [-0.1, -0.05) is 61.0 Å². The van der Waals surface area contributed by atoms with Crippen molar-refractivity contribution in [1.29, 1.82) is 0 Å². The predicted molar refractivity (Wildman–Crippen MR) is 84.9 cm³/mol. The van der Waals surface area contributed by atoms with Crippen LogP contribution in [0.2, 0.25) is 0 Å². The number of nitrogens with one attached hydrogen (secondary N) is 1. The first kappa shape index (κ1) is 13.4. The minimum atomic E-state index is 0.466. The summed E-state index contributed by atoms with van der Waals surface area (Å²) >= 11 is 0. The van der Waals surface area contributed by atoms with E-state index >= 15 is 0 Å². The molecule has 1 nitrogen and oxygen atoms in total. The molecule has 1 unspecified atom stereocenters. The summed E-state index contributed by atoms with van der Waals surface area (Å²) in [4.78, 5) is 0. The first-order chi connectivity index (χ1) is 9.78. The van der Waals surface area contributed by atoms with Gasteiger partial charge in [0.25, 0.3) is 0 Å². The van der Waals surface area contributed by atoms with Crippen molar-refractivity contribution in [3.05, 3.63) is 70.8 Å². The van der Waals surface area contributed by atoms with E-state index < -0.39 is 0 Å². The van der Waals surface area contributed by atoms with Gasteiger partial charge in [0.05, 0.1) is 0 Å². The zero-order chi connectivity index (χ0) is 13.9. The Balaban J connectivity index is 1.84. The van der Waals surface area contributed by atoms with Crippen molar-refractivity contribution in [3.8, 4) is 0 Å². The Hall–Kier alpha value is -1.60. The maximum Gasteiger partial charge on any atom is 0.0354 e. The highest BCUT2D eigenvalue weighted by Crippen LogP contribution is 2.35. The Morgan fingerprint density at radius 2 is 1.60 bits per heavy atom. The fourth-order valence-electron chi connectivity index (χ4n) is 3.38. The van der Waals surface area contributed by atoms with Crippen LogP contribution in [0.5, 0.6) is 0 Å². The summed E-state index contributed by atoms with van der Waals surface area (Å²) in [5.74, 6) is 0.676. The second-order valence-electron chi connectivity index (χ2n) is 5.88. The summed E-state index contributed by atoms with van der Waals surface area (Å²) in [6, 6.07) is 18.4. The minimum absolute atomic E-state index is 0.466. The van der Waals surface area contributed by atoms with Gasteiger partial charge in [0.15, 0.2) is 0 Å². The van der Waals surface area contributed by atoms with Crippen LogP contribution in [0.4, 0.5) is 0 Å². The van der Waals surface area contributed by atoms with Crippen LogP contribution in [0.1, 0.15) is 35.2 Å². The van der Waals surface area contributed by atoms with Crippen LogP contribution in [0, 0.1) is 12.8 Å². The van der Waals surface area contributed by atoms with Gasteiger partial charge in [0.2, 0.25) is 0 Å². The quantitative estimate of drug-likeness (QED) is 0.879. The summed E-state index contributed by atoms with van der Waals surface area (Å²) in [5.41, 5.74) is 5.83. The zero-order valence-electron chi connectivity index (χ0n) is 12.4. The smallest absolute Gasteiger partial charge is 0.0354 e. The lowest BCUT2D eigenvalue weighted by atomic mass is 9.90. The number of benzene rings is 2. The number of rotatable bonds is 4. The third-order valence-electron chi connectivity index (χ3n) is 4.41. The number of hydrogen-bond acceptors (Lipinski definition) is 1. The van der Waals surface area contributed by atoms with Gasteiger partial charge in [-0.25, -0.2) is 0 Å². The molecule has 0 radical (unpaired) electrons. The van der Waals surface area contributed by atoms with Crippen LogP contribution in [0.15, 0.2) is 48.5 Å². The van der Waals surface area contributed by atoms with Crippen molar-refractivity contribution >= 4 is 0 Å². The largest absolute Gasteiger partial charge is 0.310 e. The number of fused-ring (bicyclic) bond motifs is 1. The van der Waals surface area contributed by atoms with E-state index in [0.717, 1.165) is 6.54 Å². The summed E-state index contributed by atoms with van der Waals surface area (Å²) in [7, 11) is 0. The van der Waals surface area contributed by atoms with Crippen LogP contribution in [0.25, 0.3) is 0 Å². The molecule has 2 aromatic rings. The number of aryl methyl sites for hydroxylation is 1. The van der Waals surface area contributed by atoms with Crippen LogP contribution in [0.3, 0.4) is 0 Å². The van der Waals surface area contributed by atoms with Gasteiger partial charge < -0.3 is 5.32 Å². The molecular weight excluding hydrogens is 242 g/mol. The molecule has 0 bridgehead atoms. The molecule has 0 aliphatic heterocycles. The minimum Gasteiger partial charge on any atom is -0.310 e. The Morgan fingerprint density at radius 1 is 1.00 bits per heavy atom. The van der Waals surface area contributed by atoms with Crippen molar-refractivity contribution in [1.82, 2.24) is 5.32 Å². The lowest BCUT2D eigenvalue weighted by molar-refractivity contribution is 0.380. The molecule has 0 fully saturated rings. The highest BCUT2D eigenvalue weighted by Gasteiger charge is 2.28. The topological polar surface area (TPSA) is 12.0 Å². The van der Waals surface area contributed by atoms with Gasteiger partial charge in [0, 0.05) is 6.04 Å². The Morgan fingerprint density at radius 3 is 2.15 bits per heavy atom. The van der Waals surface area contributed by atoms with E-state index in [0.29, 0.717) is 12.0 Å². The lowest BCUT2D eigenvalue weighted by Gasteiger charge is -2.25. The normalized spacial score (nSPS) is 16.1. The molecule has 104 valence electrons. The molecule has 0 spiro atoms. The molecule has 20 heavy (non-hydrogen) atoms. The molecule has 0 saturated carbocycles. The summed E-state index contributed by atoms with van der Waals surface area (Å²) in [6.07, 6.45) is 2.39. The molecule has 0 amide bonds. The van der Waals surface area contributed by atoms with E-state index in [9.17, 15) is 0 Å². The molecule has 1 heteroatoms. The summed E-state index contributed by atoms with van der Waals surface area (Å²) in [5, 5.41) is 3.70. The molecule has 2 aromatic carbocycles. The second kappa shape index (κ2) is 5.80. The van der Waals surface area contributed by atoms with E-state index in [1.54, 1.807) is 0 Å². The summed E-state index contributed by atoms with van der Waals surface area (Å²) < 4.78 is 0. The van der Waals surface area contributed by atoms with Crippen LogP contribution in [-0.4, -0.2) is 6.54 Å². The standard InChI is InChI=1S/C19H23N/c1-3-20-19(15-10-8-14(2)9-11-15)18-12-16-6-4-5-7-17(16)13-18/h4-11,18-20H,3,12-13H2,1-2H3. The molecule has 1 atom stereocenters. The number of hydrogen-bond donors (Lipinski definition) is 1. The average molecular weight is 265 g/mol. The van der Waals surface area contributed by atoms with E-state index in [2.05, 4.69) is 67.7 Å². The third-order valence-corrected chi connectivity index (χ3v) is 4.41. The predicted octanol–water partition coefficient (Wildman–Crippen LogP) is 4.06. The zero-order valence-corrected chi connectivity index (χ0v) is 12.4. The highest BCUT2D eigenvalue weighted by molar-refractivity contribution is 5.34. The maximum absolute atomic E-state index is 3.70. The Labute approximate surface area is 122 Å². The van der Waals surface area contributed by atoms with Crippen LogP contribution < -0.4 is 5.32 Å². The molecule has 0 heterocycles. The Kier molecular flexibility index (Phi) is 3.88. The van der Waals surface area contributed by atoms with Gasteiger partial charge in [-0.2, -0.15) is 0 Å². The average Bonchev–Trinajstić information content (AvgIpc) is 2.89. The van der Waals surface area contributed by atoms with Crippen molar-refractivity contribution < 1.29 is 0 Å². The van der Waals surface area contributed by atoms with E-state index in [1.807, 2.05) is 0 Å². The molecule has 0 aromatic heterocycles. The summed E-state index contributed by atoms with van der Waals surface area (Å²) in [6.45, 7) is 5.37. The molecule has 1 N–H and O–H groups in total. The van der Waals surface area contributed by atoms with E-state index in [1.165, 1.54) is 35.1 Å². The van der Waals surface area contributed by atoms with Gasteiger partial charge in [-0.3, -0.25) is 0 Å². The molecular formula is C19H23N. The molecule has 0 saturated heterocycles. The molecule has 1 aliphatic rings. The fourth-order valence-corrected chi connectivity index (χ4v) is 3.38. The van der Waals surface area contributed by atoms with Gasteiger partial charge in [-0.15, -0.1) is 0 Å². The van der Waals surface area contributed by atoms with Crippen molar-refractivity contribution in [2.24, 2.45) is 5.92 Å². The SMILES string of the molecule is CCNC(c1ccc(C)cc1)C1Cc2ccccc2C1. The lowest BCUT2D eigenvalue weighted by Crippen LogP contribution is -2.28. The monoisotopic (exact) mass is 265 g/mol. The maximum atomic E-state index is 3.70. The van der Waals surface area contributed by atoms with Gasteiger partial charge in [0.1, 0.15) is 0 Å².